The van der Waals surface area contributed by atoms with Crippen LogP contribution in [0.15, 0.2) is 36.0 Å². The van der Waals surface area contributed by atoms with Crippen LogP contribution < -0.4 is 0 Å². The molecule has 1 N–H and O–H groups in total. The second-order valence-corrected chi connectivity index (χ2v) is 20.9. The molecule has 4 nitrogen and oxygen atoms in total. The van der Waals surface area contributed by atoms with Crippen molar-refractivity contribution in [2.24, 2.45) is 46.3 Å². The third kappa shape index (κ3) is 15.4. The van der Waals surface area contributed by atoms with Gasteiger partial charge in [-0.1, -0.05) is 143 Å². The molecular weight excluding hydrogens is 711 g/mol. The van der Waals surface area contributed by atoms with Crippen molar-refractivity contribution in [3.05, 3.63) is 36.0 Å². The van der Waals surface area contributed by atoms with E-state index in [9.17, 15) is 0 Å². The summed E-state index contributed by atoms with van der Waals surface area (Å²) >= 11 is 0. The number of likely N-dealkylation sites (N-methyl/N-ethyl adjacent to an activating group) is 1. The fourth-order valence-corrected chi connectivity index (χ4v) is 12.4. The first-order chi connectivity index (χ1) is 27.9. The summed E-state index contributed by atoms with van der Waals surface area (Å²) in [6.45, 7) is 21.9. The molecule has 0 aromatic carbocycles. The fourth-order valence-electron chi connectivity index (χ4n) is 12.4. The van der Waals surface area contributed by atoms with Crippen molar-refractivity contribution in [2.75, 3.05) is 20.7 Å². The van der Waals surface area contributed by atoms with Crippen LogP contribution in [0.25, 0.3) is 0 Å². The molecule has 58 heavy (non-hydrogen) atoms. The fraction of sp³-hybridized carbons (Fsp3) is 0.889. The average Bonchev–Trinajstić information content (AvgIpc) is 3.55. The first-order valence-electron chi connectivity index (χ1n) is 25.4. The Labute approximate surface area is 362 Å². The lowest BCUT2D eigenvalue weighted by molar-refractivity contribution is -0.209. The second-order valence-electron chi connectivity index (χ2n) is 20.9. The molecule has 0 aromatic rings. The van der Waals surface area contributed by atoms with E-state index in [0.717, 1.165) is 67.6 Å². The van der Waals surface area contributed by atoms with E-state index in [-0.39, 0.29) is 12.4 Å². The molecule has 11 atom stereocenters. The van der Waals surface area contributed by atoms with Gasteiger partial charge in [0, 0.05) is 12.6 Å². The molecule has 4 heteroatoms. The van der Waals surface area contributed by atoms with Crippen LogP contribution in [0.1, 0.15) is 216 Å². The Bertz CT molecular complexity index is 1170. The maximum atomic E-state index is 7.88. The SMILES string of the molecule is CCCCC/C=C\C/C=C\CCCCCC(C(C)OC(CCC)OC1CC[C@@]2(C)C(=CCC3C2CC[C@@]2(C)C3CC[C@@H]2[C@H](C)CCCC(C)C)C1)N(C)C.CCCO. The van der Waals surface area contributed by atoms with Gasteiger partial charge in [-0.05, 0) is 170 Å². The maximum Gasteiger partial charge on any atom is 0.158 e. The molecular formula is C54H99NO3. The summed E-state index contributed by atoms with van der Waals surface area (Å²) in [7, 11) is 4.47. The van der Waals surface area contributed by atoms with E-state index in [2.05, 4.69) is 105 Å². The number of aliphatic hydroxyl groups excluding tert-OH is 1. The van der Waals surface area contributed by atoms with Crippen molar-refractivity contribution in [2.45, 2.75) is 241 Å². The van der Waals surface area contributed by atoms with E-state index < -0.39 is 0 Å². The standard InChI is InChI=1S/C51H91NO2.C3H8O/c1-11-13-14-15-16-17-18-19-20-21-22-23-24-29-48(52(9)10)41(6)53-49(26-12-2)54-43-34-36-50(7)42(38-43)30-31-44-46-33-32-45(40(5)28-25-27-39(3)4)51(46,8)37-35-47(44)50;1-2-3-4/h16-17,19-20,30,39-41,43-49H,11-15,18,21-29,31-38H2,1-10H3;4H,2-3H2,1H3/b17-16-,20-19-;/t40-,41?,43?,44?,45-,46?,47?,48?,49?,50+,51-;/m1./s1. The second kappa shape index (κ2) is 27.2. The van der Waals surface area contributed by atoms with Crippen molar-refractivity contribution in [1.82, 2.24) is 4.90 Å². The number of aliphatic hydroxyl groups is 1. The van der Waals surface area contributed by atoms with Crippen LogP contribution in [0, 0.1) is 46.3 Å². The van der Waals surface area contributed by atoms with Crippen molar-refractivity contribution < 1.29 is 14.6 Å². The molecule has 0 bridgehead atoms. The number of hydrogen-bond acceptors (Lipinski definition) is 4. The van der Waals surface area contributed by atoms with E-state index in [1.807, 2.05) is 6.92 Å². The predicted octanol–water partition coefficient (Wildman–Crippen LogP) is 15.3. The summed E-state index contributed by atoms with van der Waals surface area (Å²) in [5, 5.41) is 7.88. The number of ether oxygens (including phenoxy) is 2. The number of allylic oxidation sites excluding steroid dienone is 5. The Morgan fingerprint density at radius 1 is 0.759 bits per heavy atom. The smallest absolute Gasteiger partial charge is 0.158 e. The normalized spacial score (nSPS) is 30.4. The van der Waals surface area contributed by atoms with E-state index in [0.29, 0.717) is 29.6 Å². The summed E-state index contributed by atoms with van der Waals surface area (Å²) < 4.78 is 13.8. The van der Waals surface area contributed by atoms with Gasteiger partial charge in [-0.2, -0.15) is 0 Å². The molecule has 0 spiro atoms. The van der Waals surface area contributed by atoms with Gasteiger partial charge in [0.2, 0.25) is 0 Å². The topological polar surface area (TPSA) is 41.9 Å². The predicted molar refractivity (Wildman–Crippen MR) is 252 cm³/mol. The largest absolute Gasteiger partial charge is 0.396 e. The van der Waals surface area contributed by atoms with Gasteiger partial charge in [-0.15, -0.1) is 0 Å². The highest BCUT2D eigenvalue weighted by Crippen LogP contribution is 2.67. The van der Waals surface area contributed by atoms with E-state index >= 15 is 0 Å². The van der Waals surface area contributed by atoms with E-state index in [1.165, 1.54) is 122 Å². The molecule has 0 aromatic heterocycles. The summed E-state index contributed by atoms with van der Waals surface area (Å²) in [6, 6.07) is 0.421. The Kier molecular flexibility index (Phi) is 24.1. The van der Waals surface area contributed by atoms with Crippen molar-refractivity contribution in [1.29, 1.82) is 0 Å². The summed E-state index contributed by atoms with van der Waals surface area (Å²) in [6.07, 6.45) is 43.1. The third-order valence-corrected chi connectivity index (χ3v) is 15.9. The Balaban J connectivity index is 0.00000215. The van der Waals surface area contributed by atoms with Gasteiger partial charge in [0.05, 0.1) is 12.2 Å². The van der Waals surface area contributed by atoms with Crippen molar-refractivity contribution in [3.8, 4) is 0 Å². The Hall–Kier alpha value is -0.940. The molecule has 0 heterocycles. The van der Waals surface area contributed by atoms with Gasteiger partial charge in [0.15, 0.2) is 6.29 Å². The van der Waals surface area contributed by atoms with E-state index in [4.69, 9.17) is 14.6 Å². The maximum absolute atomic E-state index is 7.88. The number of nitrogens with zero attached hydrogens (tertiary/aromatic N) is 1. The van der Waals surface area contributed by atoms with Crippen LogP contribution in [0.2, 0.25) is 0 Å². The van der Waals surface area contributed by atoms with Gasteiger partial charge in [0.25, 0.3) is 0 Å². The summed E-state index contributed by atoms with van der Waals surface area (Å²) in [5.41, 5.74) is 2.67. The van der Waals surface area contributed by atoms with Gasteiger partial charge in [0.1, 0.15) is 0 Å². The molecule has 3 fully saturated rings. The van der Waals surface area contributed by atoms with Gasteiger partial charge < -0.3 is 19.5 Å². The molecule has 0 radical (unpaired) electrons. The number of hydrogen-bond donors (Lipinski definition) is 1. The lowest BCUT2D eigenvalue weighted by atomic mass is 9.47. The first-order valence-corrected chi connectivity index (χ1v) is 25.4. The van der Waals surface area contributed by atoms with Crippen LogP contribution in [0.3, 0.4) is 0 Å². The molecule has 3 saturated carbocycles. The van der Waals surface area contributed by atoms with Crippen LogP contribution >= 0.6 is 0 Å². The van der Waals surface area contributed by atoms with Crippen LogP contribution in [-0.2, 0) is 9.47 Å². The molecule has 4 aliphatic rings. The highest BCUT2D eigenvalue weighted by molar-refractivity contribution is 5.25. The molecule has 0 saturated heterocycles. The zero-order valence-corrected chi connectivity index (χ0v) is 40.5. The number of unbranched alkanes of at least 4 members (excludes halogenated alkanes) is 6. The van der Waals surface area contributed by atoms with Crippen LogP contribution in [0.5, 0.6) is 0 Å². The average molecular weight is 810 g/mol. The lowest BCUT2D eigenvalue weighted by Crippen LogP contribution is -2.51. The molecule has 4 aliphatic carbocycles. The minimum absolute atomic E-state index is 0.0992. The van der Waals surface area contributed by atoms with Gasteiger partial charge in [-0.3, -0.25) is 0 Å². The zero-order valence-electron chi connectivity index (χ0n) is 40.5. The van der Waals surface area contributed by atoms with Crippen molar-refractivity contribution in [3.63, 3.8) is 0 Å². The van der Waals surface area contributed by atoms with Crippen LogP contribution in [-0.4, -0.2) is 55.2 Å². The molecule has 4 rings (SSSR count). The molecule has 338 valence electrons. The monoisotopic (exact) mass is 810 g/mol. The molecule has 7 unspecified atom stereocenters. The summed E-state index contributed by atoms with van der Waals surface area (Å²) in [4.78, 5) is 2.39. The zero-order chi connectivity index (χ0) is 42.6. The van der Waals surface area contributed by atoms with E-state index in [1.54, 1.807) is 5.57 Å². The highest BCUT2D eigenvalue weighted by Gasteiger charge is 2.59. The lowest BCUT2D eigenvalue weighted by Gasteiger charge is -2.58. The Morgan fingerprint density at radius 2 is 1.47 bits per heavy atom. The number of rotatable bonds is 26. The number of fused-ring (bicyclic) bond motifs is 5. The Morgan fingerprint density at radius 3 is 2.10 bits per heavy atom. The first kappa shape index (κ1) is 51.4. The van der Waals surface area contributed by atoms with Crippen molar-refractivity contribution >= 4 is 0 Å². The highest BCUT2D eigenvalue weighted by atomic mass is 16.7. The van der Waals surface area contributed by atoms with Crippen LogP contribution in [0.4, 0.5) is 0 Å². The molecule has 0 aliphatic heterocycles. The quantitative estimate of drug-likeness (QED) is 0.0537. The molecule has 0 amide bonds. The minimum atomic E-state index is -0.0992. The van der Waals surface area contributed by atoms with Gasteiger partial charge >= 0.3 is 0 Å². The summed E-state index contributed by atoms with van der Waals surface area (Å²) in [5.74, 6) is 5.36. The third-order valence-electron chi connectivity index (χ3n) is 15.9. The minimum Gasteiger partial charge on any atom is -0.396 e. The van der Waals surface area contributed by atoms with Gasteiger partial charge in [-0.25, -0.2) is 0 Å².